The summed E-state index contributed by atoms with van der Waals surface area (Å²) in [5.74, 6) is -0.164. The van der Waals surface area contributed by atoms with Crippen LogP contribution in [-0.2, 0) is 19.1 Å². The third-order valence-corrected chi connectivity index (χ3v) is 9.68. The first-order valence-corrected chi connectivity index (χ1v) is 16.9. The molecule has 6 aliphatic rings. The minimum absolute atomic E-state index is 0.0221. The molecule has 0 saturated carbocycles. The van der Waals surface area contributed by atoms with E-state index in [1.807, 2.05) is 42.2 Å². The molecule has 0 spiro atoms. The average Bonchev–Trinajstić information content (AvgIpc) is 2.98. The van der Waals surface area contributed by atoms with Crippen molar-refractivity contribution in [3.8, 4) is 0 Å². The molecule has 1 amide bonds. The molecule has 4 bridgehead atoms. The summed E-state index contributed by atoms with van der Waals surface area (Å²) in [7, 11) is 0. The summed E-state index contributed by atoms with van der Waals surface area (Å²) in [4.78, 5) is 41.0. The zero-order valence-corrected chi connectivity index (χ0v) is 26.1. The molecule has 6 heterocycles. The number of carbonyl (C=O) groups excluding carboxylic acids is 3. The molecule has 7 rings (SSSR count). The van der Waals surface area contributed by atoms with Crippen LogP contribution < -0.4 is 5.32 Å². The van der Waals surface area contributed by atoms with Gasteiger partial charge in [-0.25, -0.2) is 0 Å². The number of carbonyl (C=O) groups is 3. The highest BCUT2D eigenvalue weighted by atomic mass is 16.5. The third kappa shape index (κ3) is 9.82. The van der Waals surface area contributed by atoms with Gasteiger partial charge < -0.3 is 19.7 Å². The Morgan fingerprint density at radius 3 is 1.93 bits per heavy atom. The van der Waals surface area contributed by atoms with E-state index in [-0.39, 0.29) is 48.2 Å². The smallest absolute Gasteiger partial charge is 0.306 e. The topological polar surface area (TPSA) is 84.9 Å². The average molecular weight is 583 g/mol. The number of ether oxygens (including phenoxy) is 2. The van der Waals surface area contributed by atoms with Crippen molar-refractivity contribution in [1.29, 1.82) is 0 Å². The van der Waals surface area contributed by atoms with Crippen LogP contribution in [0.1, 0.15) is 140 Å². The second-order valence-corrected chi connectivity index (χ2v) is 12.9. The van der Waals surface area contributed by atoms with Crippen LogP contribution in [0.25, 0.3) is 0 Å². The largest absolute Gasteiger partial charge is 0.461 e. The van der Waals surface area contributed by atoms with E-state index in [0.717, 1.165) is 96.3 Å². The summed E-state index contributed by atoms with van der Waals surface area (Å²) in [5.41, 5.74) is 0.686. The lowest BCUT2D eigenvalue weighted by atomic mass is 9.89. The summed E-state index contributed by atoms with van der Waals surface area (Å²) in [5, 5.41) is 3.68. The van der Waals surface area contributed by atoms with Gasteiger partial charge in [-0.2, -0.15) is 0 Å². The van der Waals surface area contributed by atoms with Crippen molar-refractivity contribution in [1.82, 2.24) is 10.2 Å². The van der Waals surface area contributed by atoms with E-state index in [4.69, 9.17) is 9.47 Å². The van der Waals surface area contributed by atoms with Gasteiger partial charge in [-0.1, -0.05) is 69.6 Å². The van der Waals surface area contributed by atoms with Gasteiger partial charge in [0.2, 0.25) is 0 Å². The molecule has 7 heteroatoms. The first-order valence-electron chi connectivity index (χ1n) is 16.9. The lowest BCUT2D eigenvalue weighted by Crippen LogP contribution is -2.55. The molecule has 42 heavy (non-hydrogen) atoms. The van der Waals surface area contributed by atoms with Crippen LogP contribution >= 0.6 is 0 Å². The van der Waals surface area contributed by atoms with E-state index in [0.29, 0.717) is 24.4 Å². The second kappa shape index (κ2) is 17.0. The molecule has 234 valence electrons. The number of nitrogens with one attached hydrogen (secondary N) is 1. The van der Waals surface area contributed by atoms with Crippen molar-refractivity contribution in [2.24, 2.45) is 0 Å². The molecular weight excluding hydrogens is 528 g/mol. The van der Waals surface area contributed by atoms with Crippen molar-refractivity contribution in [3.05, 3.63) is 35.9 Å². The Balaban J connectivity index is 1.35. The van der Waals surface area contributed by atoms with Gasteiger partial charge >= 0.3 is 11.9 Å². The van der Waals surface area contributed by atoms with Gasteiger partial charge in [0.15, 0.2) is 0 Å². The van der Waals surface area contributed by atoms with Crippen LogP contribution in [0.4, 0.5) is 0 Å². The summed E-state index contributed by atoms with van der Waals surface area (Å²) >= 11 is 0. The van der Waals surface area contributed by atoms with Crippen molar-refractivity contribution < 1.29 is 23.9 Å². The molecule has 1 aromatic rings. The Hall–Kier alpha value is -2.41. The van der Waals surface area contributed by atoms with E-state index >= 15 is 0 Å². The molecule has 6 aliphatic heterocycles. The predicted molar refractivity (Wildman–Crippen MR) is 165 cm³/mol. The number of amides is 1. The van der Waals surface area contributed by atoms with Gasteiger partial charge in [0.05, 0.1) is 6.04 Å². The number of piperidine rings is 2. The fourth-order valence-corrected chi connectivity index (χ4v) is 7.16. The van der Waals surface area contributed by atoms with E-state index in [2.05, 4.69) is 12.2 Å². The van der Waals surface area contributed by atoms with Crippen LogP contribution in [0.3, 0.4) is 0 Å². The molecule has 1 N–H and O–H groups in total. The molecule has 6 atom stereocenters. The zero-order chi connectivity index (χ0) is 29.7. The second-order valence-electron chi connectivity index (χ2n) is 12.9. The lowest BCUT2D eigenvalue weighted by Gasteiger charge is -2.44. The van der Waals surface area contributed by atoms with Crippen molar-refractivity contribution >= 4 is 17.8 Å². The van der Waals surface area contributed by atoms with Crippen molar-refractivity contribution in [3.63, 3.8) is 0 Å². The highest BCUT2D eigenvalue weighted by Gasteiger charge is 2.39. The quantitative estimate of drug-likeness (QED) is 0.355. The molecule has 0 aromatic heterocycles. The van der Waals surface area contributed by atoms with Crippen LogP contribution in [0.5, 0.6) is 0 Å². The first kappa shape index (κ1) is 32.5. The van der Waals surface area contributed by atoms with Gasteiger partial charge in [0, 0.05) is 36.5 Å². The minimum Gasteiger partial charge on any atom is -0.461 e. The van der Waals surface area contributed by atoms with E-state index in [1.54, 1.807) is 0 Å². The lowest BCUT2D eigenvalue weighted by molar-refractivity contribution is -0.155. The van der Waals surface area contributed by atoms with Gasteiger partial charge in [0.1, 0.15) is 12.2 Å². The van der Waals surface area contributed by atoms with Crippen molar-refractivity contribution in [2.75, 3.05) is 0 Å². The number of nitrogens with zero attached hydrogens (tertiary/aromatic N) is 1. The van der Waals surface area contributed by atoms with Gasteiger partial charge in [-0.15, -0.1) is 0 Å². The highest BCUT2D eigenvalue weighted by molar-refractivity contribution is 5.94. The molecule has 0 radical (unpaired) electrons. The molecule has 1 aromatic carbocycles. The summed E-state index contributed by atoms with van der Waals surface area (Å²) in [6, 6.07) is 10.2. The highest BCUT2D eigenvalue weighted by Crippen LogP contribution is 2.31. The Morgan fingerprint density at radius 1 is 0.690 bits per heavy atom. The standard InChI is InChI=1S/C35H54N2O5/c1-26-31-24-22-29(36-26)18-12-5-3-7-15-21-34(39)42-32-25-23-30(19-13-6-4-8-14-20-33(38)41-31)37(27(32)2)35(40)28-16-10-9-11-17-28/h9-11,16-17,26-27,29-32,36H,3-8,12-15,18-25H2,1-2H3/t26-,27-,29+,30+,31-,32-/m0/s1. The normalized spacial score (nSPS) is 31.7. The molecule has 6 fully saturated rings. The maximum absolute atomic E-state index is 13.7. The van der Waals surface area contributed by atoms with E-state index in [1.165, 1.54) is 6.42 Å². The Labute approximate surface area is 253 Å². The number of benzene rings is 1. The van der Waals surface area contributed by atoms with Gasteiger partial charge in [-0.3, -0.25) is 14.4 Å². The molecule has 0 aliphatic carbocycles. The van der Waals surface area contributed by atoms with Crippen molar-refractivity contribution in [2.45, 2.75) is 166 Å². The number of hydrogen-bond donors (Lipinski definition) is 1. The van der Waals surface area contributed by atoms with E-state index < -0.39 is 0 Å². The van der Waals surface area contributed by atoms with Crippen LogP contribution in [0, 0.1) is 0 Å². The monoisotopic (exact) mass is 582 g/mol. The maximum Gasteiger partial charge on any atom is 0.306 e. The summed E-state index contributed by atoms with van der Waals surface area (Å²) < 4.78 is 11.9. The third-order valence-electron chi connectivity index (χ3n) is 9.68. The fraction of sp³-hybridized carbons (Fsp3) is 0.743. The van der Waals surface area contributed by atoms with Crippen LogP contribution in [-0.4, -0.2) is 59.1 Å². The zero-order valence-electron chi connectivity index (χ0n) is 26.1. The molecule has 6 saturated heterocycles. The number of esters is 2. The molecular formula is C35H54N2O5. The first-order chi connectivity index (χ1) is 20.4. The Kier molecular flexibility index (Phi) is 13.2. The maximum atomic E-state index is 13.7. The number of rotatable bonds is 1. The summed E-state index contributed by atoms with van der Waals surface area (Å²) in [6.45, 7) is 4.18. The molecule has 7 nitrogen and oxygen atoms in total. The Morgan fingerprint density at radius 2 is 1.26 bits per heavy atom. The summed E-state index contributed by atoms with van der Waals surface area (Å²) in [6.07, 6.45) is 16.8. The van der Waals surface area contributed by atoms with Gasteiger partial charge in [0.25, 0.3) is 5.91 Å². The van der Waals surface area contributed by atoms with Crippen LogP contribution in [0.2, 0.25) is 0 Å². The van der Waals surface area contributed by atoms with Crippen LogP contribution in [0.15, 0.2) is 30.3 Å². The van der Waals surface area contributed by atoms with E-state index in [9.17, 15) is 14.4 Å². The van der Waals surface area contributed by atoms with Gasteiger partial charge in [-0.05, 0) is 77.3 Å². The Bertz CT molecular complexity index is 985. The predicted octanol–water partition coefficient (Wildman–Crippen LogP) is 7.12. The number of hydrogen-bond acceptors (Lipinski definition) is 6. The minimum atomic E-state index is -0.260. The SMILES string of the molecule is C[C@@H]1N[C@@H]2CCCCCCCC(=O)O[C@H]3CC[C@@H](CCCCCCCC(=O)O[C@H]1CC2)N(C(=O)c1ccccc1)[C@H]3C. The fourth-order valence-electron chi connectivity index (χ4n) is 7.16. The molecule has 0 unspecified atom stereocenters.